The van der Waals surface area contributed by atoms with Gasteiger partial charge in [-0.25, -0.2) is 14.8 Å². The van der Waals surface area contributed by atoms with E-state index in [1.807, 2.05) is 49.6 Å². The van der Waals surface area contributed by atoms with Crippen LogP contribution in [0.25, 0.3) is 22.4 Å². The van der Waals surface area contributed by atoms with Gasteiger partial charge in [0.05, 0.1) is 23.8 Å². The van der Waals surface area contributed by atoms with Crippen LogP contribution in [0.15, 0.2) is 54.7 Å². The van der Waals surface area contributed by atoms with Gasteiger partial charge in [0.25, 0.3) is 0 Å². The molecule has 41 heavy (non-hydrogen) atoms. The van der Waals surface area contributed by atoms with Gasteiger partial charge in [0, 0.05) is 68.9 Å². The molecule has 4 aromatic rings. The van der Waals surface area contributed by atoms with E-state index >= 15 is 0 Å². The minimum Gasteiger partial charge on any atom is -0.371 e. The van der Waals surface area contributed by atoms with Crippen LogP contribution >= 0.6 is 0 Å². The Morgan fingerprint density at radius 1 is 0.829 bits per heavy atom. The highest BCUT2D eigenvalue weighted by Crippen LogP contribution is 2.33. The number of likely N-dealkylation sites (N-methyl/N-ethyl adjacent to an activating group) is 1. The predicted octanol–water partition coefficient (Wildman–Crippen LogP) is 3.79. The highest BCUT2D eigenvalue weighted by Gasteiger charge is 2.35. The molecule has 2 atom stereocenters. The number of nitrogens with one attached hydrogen (secondary N) is 2. The van der Waals surface area contributed by atoms with Crippen molar-refractivity contribution in [3.63, 3.8) is 0 Å². The zero-order valence-electron chi connectivity index (χ0n) is 23.5. The van der Waals surface area contributed by atoms with Crippen molar-refractivity contribution in [3.8, 4) is 11.4 Å². The molecule has 2 unspecified atom stereocenters. The standard InChI is InChI=1S/C30H35N9O2/c1-36-13-15-38(16-14-36)23-9-7-22(8-10-23)33-30(40)32-21-5-3-20(4-6-21)27-34-28-26(17-31-37(28)2)29(35-27)39-18-24-11-12-25(19-39)41-24/h3-10,17,24-25H,11-16,18-19H2,1-2H3,(H2,32,33,40). The molecule has 3 saturated heterocycles. The van der Waals surface area contributed by atoms with E-state index in [1.165, 1.54) is 5.69 Å². The average Bonchev–Trinajstić information content (AvgIpc) is 3.54. The van der Waals surface area contributed by atoms with E-state index in [9.17, 15) is 4.79 Å². The second-order valence-corrected chi connectivity index (χ2v) is 11.2. The van der Waals surface area contributed by atoms with Crippen LogP contribution in [0.2, 0.25) is 0 Å². The summed E-state index contributed by atoms with van der Waals surface area (Å²) in [6.07, 6.45) is 4.55. The summed E-state index contributed by atoms with van der Waals surface area (Å²) in [6, 6.07) is 15.3. The van der Waals surface area contributed by atoms with Crippen LogP contribution < -0.4 is 20.4 Å². The van der Waals surface area contributed by atoms with Crippen LogP contribution in [0, 0.1) is 0 Å². The maximum absolute atomic E-state index is 12.7. The van der Waals surface area contributed by atoms with E-state index in [0.29, 0.717) is 11.5 Å². The number of morpholine rings is 1. The molecule has 3 aliphatic heterocycles. The van der Waals surface area contributed by atoms with Gasteiger partial charge in [-0.2, -0.15) is 5.10 Å². The molecule has 11 nitrogen and oxygen atoms in total. The van der Waals surface area contributed by atoms with Gasteiger partial charge < -0.3 is 30.1 Å². The number of hydrogen-bond donors (Lipinski definition) is 2. The Bertz CT molecular complexity index is 1530. The molecule has 2 N–H and O–H groups in total. The van der Waals surface area contributed by atoms with Gasteiger partial charge >= 0.3 is 6.03 Å². The van der Waals surface area contributed by atoms with Crippen molar-refractivity contribution >= 4 is 39.9 Å². The zero-order chi connectivity index (χ0) is 27.9. The Balaban J connectivity index is 1.03. The van der Waals surface area contributed by atoms with Gasteiger partial charge in [-0.1, -0.05) is 0 Å². The molecule has 0 aliphatic carbocycles. The molecule has 5 heterocycles. The second-order valence-electron chi connectivity index (χ2n) is 11.2. The van der Waals surface area contributed by atoms with Crippen molar-refractivity contribution < 1.29 is 9.53 Å². The molecule has 2 amide bonds. The lowest BCUT2D eigenvalue weighted by Gasteiger charge is -2.34. The lowest BCUT2D eigenvalue weighted by atomic mass is 10.2. The van der Waals surface area contributed by atoms with Gasteiger partial charge in [0.1, 0.15) is 5.82 Å². The maximum atomic E-state index is 12.7. The third-order valence-electron chi connectivity index (χ3n) is 8.31. The summed E-state index contributed by atoms with van der Waals surface area (Å²) in [7, 11) is 4.05. The number of piperazine rings is 1. The number of benzene rings is 2. The van der Waals surface area contributed by atoms with Crippen molar-refractivity contribution in [1.82, 2.24) is 24.6 Å². The van der Waals surface area contributed by atoms with E-state index in [0.717, 1.165) is 80.2 Å². The second kappa shape index (κ2) is 10.6. The number of amides is 2. The fourth-order valence-corrected chi connectivity index (χ4v) is 5.98. The molecule has 3 fully saturated rings. The first-order valence-corrected chi connectivity index (χ1v) is 14.3. The van der Waals surface area contributed by atoms with Crippen LogP contribution in [0.1, 0.15) is 12.8 Å². The summed E-state index contributed by atoms with van der Waals surface area (Å²) >= 11 is 0. The molecule has 0 spiro atoms. The highest BCUT2D eigenvalue weighted by molar-refractivity contribution is 6.00. The molecule has 11 heteroatoms. The number of nitrogens with zero attached hydrogens (tertiary/aromatic N) is 7. The number of urea groups is 1. The number of hydrogen-bond acceptors (Lipinski definition) is 8. The van der Waals surface area contributed by atoms with Gasteiger partial charge in [-0.3, -0.25) is 4.68 Å². The minimum atomic E-state index is -0.290. The maximum Gasteiger partial charge on any atom is 0.323 e. The number of aryl methyl sites for hydroxylation is 1. The monoisotopic (exact) mass is 553 g/mol. The number of fused-ring (bicyclic) bond motifs is 3. The van der Waals surface area contributed by atoms with Crippen LogP contribution in [0.5, 0.6) is 0 Å². The van der Waals surface area contributed by atoms with E-state index in [1.54, 1.807) is 4.68 Å². The first kappa shape index (κ1) is 25.7. The number of rotatable bonds is 5. The molecule has 2 aromatic carbocycles. The molecular weight excluding hydrogens is 518 g/mol. The summed E-state index contributed by atoms with van der Waals surface area (Å²) in [6.45, 7) is 5.79. The average molecular weight is 554 g/mol. The van der Waals surface area contributed by atoms with E-state index in [2.05, 4.69) is 49.6 Å². The Kier molecular flexibility index (Phi) is 6.68. The van der Waals surface area contributed by atoms with E-state index in [4.69, 9.17) is 14.7 Å². The highest BCUT2D eigenvalue weighted by atomic mass is 16.5. The zero-order valence-corrected chi connectivity index (χ0v) is 23.5. The fraction of sp³-hybridized carbons (Fsp3) is 0.400. The number of aromatic nitrogens is 4. The van der Waals surface area contributed by atoms with Gasteiger partial charge in [0.15, 0.2) is 11.5 Å². The number of ether oxygens (including phenoxy) is 1. The minimum absolute atomic E-state index is 0.255. The number of carbonyl (C=O) groups excluding carboxylic acids is 1. The molecule has 0 saturated carbocycles. The first-order valence-electron chi connectivity index (χ1n) is 14.3. The summed E-state index contributed by atoms with van der Waals surface area (Å²) in [5, 5.41) is 11.2. The number of anilines is 4. The van der Waals surface area contributed by atoms with Crippen molar-refractivity contribution in [2.45, 2.75) is 25.0 Å². The quantitative estimate of drug-likeness (QED) is 0.385. The van der Waals surface area contributed by atoms with Crippen LogP contribution in [0.3, 0.4) is 0 Å². The Labute approximate surface area is 239 Å². The smallest absolute Gasteiger partial charge is 0.323 e. The van der Waals surface area contributed by atoms with Gasteiger partial charge in [-0.15, -0.1) is 0 Å². The normalized spacial score (nSPS) is 20.9. The summed E-state index contributed by atoms with van der Waals surface area (Å²) in [5.41, 5.74) is 4.28. The summed E-state index contributed by atoms with van der Waals surface area (Å²) < 4.78 is 7.84. The molecule has 2 bridgehead atoms. The van der Waals surface area contributed by atoms with Crippen LogP contribution in [0.4, 0.5) is 27.7 Å². The Morgan fingerprint density at radius 2 is 1.46 bits per heavy atom. The third kappa shape index (κ3) is 5.30. The topological polar surface area (TPSA) is 104 Å². The Hall–Kier alpha value is -4.22. The largest absolute Gasteiger partial charge is 0.371 e. The summed E-state index contributed by atoms with van der Waals surface area (Å²) in [5.74, 6) is 1.53. The third-order valence-corrected chi connectivity index (χ3v) is 8.31. The molecule has 7 rings (SSSR count). The predicted molar refractivity (Wildman–Crippen MR) is 161 cm³/mol. The van der Waals surface area contributed by atoms with Crippen molar-refractivity contribution in [2.24, 2.45) is 7.05 Å². The van der Waals surface area contributed by atoms with Crippen molar-refractivity contribution in [3.05, 3.63) is 54.7 Å². The molecule has 212 valence electrons. The lowest BCUT2D eigenvalue weighted by molar-refractivity contribution is 0.0303. The van der Waals surface area contributed by atoms with Crippen molar-refractivity contribution in [2.75, 3.05) is 66.7 Å². The molecule has 0 radical (unpaired) electrons. The van der Waals surface area contributed by atoms with E-state index < -0.39 is 0 Å². The number of carbonyl (C=O) groups is 1. The molecule has 2 aromatic heterocycles. The lowest BCUT2D eigenvalue weighted by Crippen LogP contribution is -2.44. The van der Waals surface area contributed by atoms with Crippen LogP contribution in [-0.4, -0.2) is 89.2 Å². The van der Waals surface area contributed by atoms with Crippen molar-refractivity contribution in [1.29, 1.82) is 0 Å². The molecule has 3 aliphatic rings. The van der Waals surface area contributed by atoms with Crippen LogP contribution in [-0.2, 0) is 11.8 Å². The van der Waals surface area contributed by atoms with Gasteiger partial charge in [-0.05, 0) is 68.4 Å². The molecular formula is C30H35N9O2. The van der Waals surface area contributed by atoms with Gasteiger partial charge in [0.2, 0.25) is 0 Å². The summed E-state index contributed by atoms with van der Waals surface area (Å²) in [4.78, 5) is 29.6. The van der Waals surface area contributed by atoms with E-state index in [-0.39, 0.29) is 18.2 Å². The SMILES string of the molecule is CN1CCN(c2ccc(NC(=O)Nc3ccc(-c4nc(N5CC6CCC(C5)O6)c5cnn(C)c5n4)cc3)cc2)CC1. The Morgan fingerprint density at radius 3 is 2.12 bits per heavy atom. The first-order chi connectivity index (χ1) is 20.0. The fourth-order valence-electron chi connectivity index (χ4n) is 5.98.